The summed E-state index contributed by atoms with van der Waals surface area (Å²) in [7, 11) is 0. The second-order valence-corrected chi connectivity index (χ2v) is 8.82. The molecule has 0 bridgehead atoms. The van der Waals surface area contributed by atoms with Crippen LogP contribution in [0.1, 0.15) is 40.9 Å². The molecule has 1 aromatic carbocycles. The molecular weight excluding hydrogens is 497 g/mol. The van der Waals surface area contributed by atoms with Crippen molar-refractivity contribution in [3.8, 4) is 0 Å². The van der Waals surface area contributed by atoms with Crippen molar-refractivity contribution >= 4 is 52.8 Å². The molecule has 1 saturated heterocycles. The van der Waals surface area contributed by atoms with Gasteiger partial charge in [0.25, 0.3) is 5.91 Å². The van der Waals surface area contributed by atoms with Crippen LogP contribution in [0.2, 0.25) is 10.0 Å². The summed E-state index contributed by atoms with van der Waals surface area (Å²) in [5, 5.41) is 17.4. The Morgan fingerprint density at radius 3 is 2.57 bits per heavy atom. The molecule has 1 aromatic heterocycles. The highest BCUT2D eigenvalue weighted by Crippen LogP contribution is 2.27. The Morgan fingerprint density at radius 2 is 1.97 bits per heavy atom. The zero-order valence-corrected chi connectivity index (χ0v) is 20.2. The second-order valence-electron chi connectivity index (χ2n) is 8.01. The fourth-order valence-corrected chi connectivity index (χ4v) is 4.27. The summed E-state index contributed by atoms with van der Waals surface area (Å²) in [4.78, 5) is 48.6. The topological polar surface area (TPSA) is 138 Å². The predicted octanol–water partition coefficient (Wildman–Crippen LogP) is 2.85. The minimum absolute atomic E-state index is 0.0203. The fraction of sp³-hybridized carbons (Fsp3) is 0.333. The zero-order chi connectivity index (χ0) is 25.4. The summed E-state index contributed by atoms with van der Waals surface area (Å²) >= 11 is 12.5. The summed E-state index contributed by atoms with van der Waals surface area (Å²) in [6.45, 7) is 0.430. The molecule has 1 fully saturated rings. The number of allylic oxidation sites excluding steroid dienone is 1. The van der Waals surface area contributed by atoms with Crippen LogP contribution in [0.4, 0.5) is 0 Å². The molecule has 0 saturated carbocycles. The Labute approximate surface area is 211 Å². The van der Waals surface area contributed by atoms with E-state index in [2.05, 4.69) is 16.0 Å². The molecule has 35 heavy (non-hydrogen) atoms. The molecule has 1 aliphatic rings. The quantitative estimate of drug-likeness (QED) is 0.333. The van der Waals surface area contributed by atoms with E-state index in [1.807, 2.05) is 0 Å². The third-order valence-electron chi connectivity index (χ3n) is 5.43. The van der Waals surface area contributed by atoms with E-state index in [1.165, 1.54) is 24.5 Å². The van der Waals surface area contributed by atoms with E-state index in [4.69, 9.17) is 27.6 Å². The van der Waals surface area contributed by atoms with Crippen molar-refractivity contribution in [3.63, 3.8) is 0 Å². The molecule has 2 aromatic rings. The Balaban J connectivity index is 1.58. The summed E-state index contributed by atoms with van der Waals surface area (Å²) in [6, 6.07) is 4.71. The summed E-state index contributed by atoms with van der Waals surface area (Å²) < 4.78 is 5.13. The summed E-state index contributed by atoms with van der Waals surface area (Å²) in [6.07, 6.45) is 6.54. The van der Waals surface area contributed by atoms with E-state index in [0.717, 1.165) is 13.0 Å². The normalized spacial score (nSPS) is 16.2. The molecule has 4 N–H and O–H groups in total. The number of rotatable bonds is 11. The second kappa shape index (κ2) is 12.5. The van der Waals surface area contributed by atoms with Gasteiger partial charge in [-0.1, -0.05) is 23.2 Å². The van der Waals surface area contributed by atoms with Gasteiger partial charge in [-0.15, -0.1) is 0 Å². The van der Waals surface area contributed by atoms with Crippen LogP contribution in [0.25, 0.3) is 6.08 Å². The fourth-order valence-electron chi connectivity index (χ4n) is 3.56. The van der Waals surface area contributed by atoms with Crippen molar-refractivity contribution in [2.24, 2.45) is 0 Å². The van der Waals surface area contributed by atoms with Gasteiger partial charge in [-0.3, -0.25) is 14.4 Å². The Hall–Kier alpha value is -3.14. The average Bonchev–Trinajstić information content (AvgIpc) is 3.52. The number of halogens is 2. The van der Waals surface area contributed by atoms with Gasteiger partial charge in [0.1, 0.15) is 11.8 Å². The number of hydrogen-bond donors (Lipinski definition) is 4. The van der Waals surface area contributed by atoms with Crippen LogP contribution in [-0.2, 0) is 20.8 Å². The Bertz CT molecular complexity index is 1090. The minimum atomic E-state index is -1.38. The van der Waals surface area contributed by atoms with Crippen LogP contribution >= 0.6 is 23.2 Å². The van der Waals surface area contributed by atoms with Gasteiger partial charge in [0.15, 0.2) is 5.78 Å². The molecule has 2 amide bonds. The third-order valence-corrected chi connectivity index (χ3v) is 6.02. The molecule has 3 rings (SSSR count). The molecule has 2 heterocycles. The summed E-state index contributed by atoms with van der Waals surface area (Å²) in [5.41, 5.74) is 0.554. The van der Waals surface area contributed by atoms with Crippen LogP contribution in [0.5, 0.6) is 0 Å². The molecule has 0 radical (unpaired) electrons. The first-order valence-electron chi connectivity index (χ1n) is 11.0. The molecule has 1 aliphatic heterocycles. The first-order chi connectivity index (χ1) is 16.7. The van der Waals surface area contributed by atoms with Gasteiger partial charge in [0, 0.05) is 13.0 Å². The number of carboxylic acids is 1. The van der Waals surface area contributed by atoms with Crippen molar-refractivity contribution in [2.45, 2.75) is 37.8 Å². The van der Waals surface area contributed by atoms with Crippen LogP contribution in [0, 0.1) is 0 Å². The monoisotopic (exact) mass is 521 g/mol. The first kappa shape index (κ1) is 26.5. The van der Waals surface area contributed by atoms with Crippen molar-refractivity contribution in [2.75, 3.05) is 13.1 Å². The van der Waals surface area contributed by atoms with E-state index in [1.54, 1.807) is 18.2 Å². The maximum absolute atomic E-state index is 12.7. The number of hydrogen-bond acceptors (Lipinski definition) is 6. The van der Waals surface area contributed by atoms with E-state index in [-0.39, 0.29) is 46.3 Å². The molecule has 2 atom stereocenters. The number of benzene rings is 1. The maximum atomic E-state index is 12.7. The average molecular weight is 522 g/mol. The molecule has 9 nitrogen and oxygen atoms in total. The lowest BCUT2D eigenvalue weighted by atomic mass is 10.0. The van der Waals surface area contributed by atoms with Crippen LogP contribution in [0.15, 0.2) is 41.0 Å². The van der Waals surface area contributed by atoms with Gasteiger partial charge in [-0.2, -0.15) is 0 Å². The van der Waals surface area contributed by atoms with Crippen molar-refractivity contribution in [1.29, 1.82) is 0 Å². The number of carbonyl (C=O) groups is 4. The van der Waals surface area contributed by atoms with Gasteiger partial charge in [0.2, 0.25) is 5.91 Å². The molecular formula is C24H25Cl2N3O6. The molecule has 186 valence electrons. The molecule has 11 heteroatoms. The molecule has 0 aliphatic carbocycles. The number of nitrogens with one attached hydrogen (secondary N) is 3. The number of ketones is 1. The number of furan rings is 1. The SMILES string of the molecule is O=C(/C=C/c1ccco1)CCc1cc(Cl)c(C(=O)N[C@@H](CNC(=O)[C@@H]2CCCN2)C(=O)O)c(Cl)c1. The number of carbonyl (C=O) groups excluding carboxylic acids is 3. The largest absolute Gasteiger partial charge is 0.480 e. The highest BCUT2D eigenvalue weighted by Gasteiger charge is 2.27. The number of amides is 2. The number of aliphatic carboxylic acids is 1. The lowest BCUT2D eigenvalue weighted by Crippen LogP contribution is -2.51. The van der Waals surface area contributed by atoms with E-state index in [9.17, 15) is 24.3 Å². The van der Waals surface area contributed by atoms with Crippen LogP contribution in [0.3, 0.4) is 0 Å². The Morgan fingerprint density at radius 1 is 1.23 bits per heavy atom. The van der Waals surface area contributed by atoms with Crippen LogP contribution in [-0.4, -0.2) is 53.8 Å². The van der Waals surface area contributed by atoms with Gasteiger partial charge in [-0.25, -0.2) is 4.79 Å². The van der Waals surface area contributed by atoms with Gasteiger partial charge < -0.3 is 25.5 Å². The zero-order valence-electron chi connectivity index (χ0n) is 18.7. The molecule has 0 spiro atoms. The predicted molar refractivity (Wildman–Crippen MR) is 130 cm³/mol. The van der Waals surface area contributed by atoms with E-state index in [0.29, 0.717) is 24.2 Å². The van der Waals surface area contributed by atoms with Crippen molar-refractivity contribution in [3.05, 3.63) is 63.5 Å². The standard InChI is InChI=1S/C24H25Cl2N3O6/c25-17-11-14(5-6-15(30)7-8-16-3-2-10-35-16)12-18(26)21(17)23(32)29-20(24(33)34)13-28-22(31)19-4-1-9-27-19/h2-3,7-8,10-12,19-20,27H,1,4-6,9,13H2,(H,28,31)(H,29,32)(H,33,34)/b8-7+/t19-,20-/m0/s1. The van der Waals surface area contributed by atoms with Crippen molar-refractivity contribution in [1.82, 2.24) is 16.0 Å². The minimum Gasteiger partial charge on any atom is -0.480 e. The van der Waals surface area contributed by atoms with Crippen molar-refractivity contribution < 1.29 is 28.7 Å². The van der Waals surface area contributed by atoms with Gasteiger partial charge in [-0.05, 0) is 67.8 Å². The maximum Gasteiger partial charge on any atom is 0.328 e. The lowest BCUT2D eigenvalue weighted by Gasteiger charge is -2.18. The van der Waals surface area contributed by atoms with E-state index >= 15 is 0 Å². The summed E-state index contributed by atoms with van der Waals surface area (Å²) in [5.74, 6) is -1.99. The third kappa shape index (κ3) is 7.68. The van der Waals surface area contributed by atoms with Gasteiger partial charge >= 0.3 is 5.97 Å². The van der Waals surface area contributed by atoms with E-state index < -0.39 is 17.9 Å². The Kier molecular flexibility index (Phi) is 9.47. The smallest absolute Gasteiger partial charge is 0.328 e. The first-order valence-corrected chi connectivity index (χ1v) is 11.8. The van der Waals surface area contributed by atoms with Crippen LogP contribution < -0.4 is 16.0 Å². The number of carboxylic acid groups (broad SMARTS) is 1. The highest BCUT2D eigenvalue weighted by atomic mass is 35.5. The van der Waals surface area contributed by atoms with Gasteiger partial charge in [0.05, 0.1) is 27.9 Å². The number of aryl methyl sites for hydroxylation is 1. The lowest BCUT2D eigenvalue weighted by molar-refractivity contribution is -0.139. The highest BCUT2D eigenvalue weighted by molar-refractivity contribution is 6.39. The molecule has 0 unspecified atom stereocenters.